The van der Waals surface area contributed by atoms with Gasteiger partial charge in [-0.1, -0.05) is 18.2 Å². The van der Waals surface area contributed by atoms with Crippen LogP contribution >= 0.6 is 0 Å². The van der Waals surface area contributed by atoms with Gasteiger partial charge in [0.1, 0.15) is 5.76 Å². The fourth-order valence-corrected chi connectivity index (χ4v) is 5.81. The highest BCUT2D eigenvalue weighted by molar-refractivity contribution is 6.04. The number of furan rings is 1. The van der Waals surface area contributed by atoms with Gasteiger partial charge in [-0.2, -0.15) is 0 Å². The molecule has 0 radical (unpaired) electrons. The Labute approximate surface area is 205 Å². The molecule has 6 rings (SSSR count). The summed E-state index contributed by atoms with van der Waals surface area (Å²) in [5.41, 5.74) is 7.36. The summed E-state index contributed by atoms with van der Waals surface area (Å²) in [4.78, 5) is 20.7. The molecular weight excluding hydrogens is 434 g/mol. The standard InChI is InChI=1S/C30H29N3O2/c1-3-33(4-2)21-11-9-19(10-12-21)28-29-22-7-5-15-31-23(22)13-14-24(29)32-25-17-20(18-26(34)30(25)28)27-8-6-16-35-27/h5-16,20,28,32H,3-4,17-18H2,1-2H3/t20-,28-/m0/s1. The van der Waals surface area contributed by atoms with E-state index >= 15 is 0 Å². The van der Waals surface area contributed by atoms with Crippen LogP contribution in [-0.2, 0) is 4.79 Å². The van der Waals surface area contributed by atoms with Crippen molar-refractivity contribution in [2.45, 2.75) is 38.5 Å². The molecule has 0 fully saturated rings. The number of carbonyl (C=O) groups is 1. The fraction of sp³-hybridized carbons (Fsp3) is 0.267. The molecule has 0 unspecified atom stereocenters. The first-order chi connectivity index (χ1) is 17.2. The molecule has 0 saturated carbocycles. The Hall–Kier alpha value is -3.86. The summed E-state index contributed by atoms with van der Waals surface area (Å²) in [6.45, 7) is 6.27. The van der Waals surface area contributed by atoms with E-state index < -0.39 is 0 Å². The summed E-state index contributed by atoms with van der Waals surface area (Å²) in [5, 5.41) is 4.73. The van der Waals surface area contributed by atoms with Gasteiger partial charge in [-0.15, -0.1) is 0 Å². The number of ketones is 1. The maximum Gasteiger partial charge on any atom is 0.162 e. The molecule has 0 bridgehead atoms. The largest absolute Gasteiger partial charge is 0.469 e. The smallest absolute Gasteiger partial charge is 0.162 e. The van der Waals surface area contributed by atoms with Crippen molar-refractivity contribution in [3.05, 3.63) is 101 Å². The van der Waals surface area contributed by atoms with Crippen molar-refractivity contribution < 1.29 is 9.21 Å². The Bertz CT molecular complexity index is 1420. The molecule has 3 heterocycles. The van der Waals surface area contributed by atoms with Crippen molar-refractivity contribution in [2.24, 2.45) is 0 Å². The van der Waals surface area contributed by atoms with Crippen LogP contribution in [0.5, 0.6) is 0 Å². The van der Waals surface area contributed by atoms with Crippen molar-refractivity contribution >= 4 is 28.1 Å². The van der Waals surface area contributed by atoms with Crippen molar-refractivity contribution in [3.63, 3.8) is 0 Å². The van der Waals surface area contributed by atoms with E-state index in [1.807, 2.05) is 24.4 Å². The number of carbonyl (C=O) groups excluding carboxylic acids is 1. The minimum absolute atomic E-state index is 0.0538. The monoisotopic (exact) mass is 463 g/mol. The second kappa shape index (κ2) is 8.73. The van der Waals surface area contributed by atoms with E-state index in [0.717, 1.165) is 64.3 Å². The van der Waals surface area contributed by atoms with Gasteiger partial charge < -0.3 is 14.6 Å². The third-order valence-electron chi connectivity index (χ3n) is 7.50. The zero-order valence-electron chi connectivity index (χ0n) is 20.1. The number of rotatable bonds is 5. The number of hydrogen-bond donors (Lipinski definition) is 1. The Kier molecular flexibility index (Phi) is 5.40. The second-order valence-electron chi connectivity index (χ2n) is 9.35. The van der Waals surface area contributed by atoms with Gasteiger partial charge in [0, 0.05) is 65.6 Å². The number of Topliss-reactive ketones (excluding diaryl/α,β-unsaturated/α-hetero) is 1. The van der Waals surface area contributed by atoms with Crippen LogP contribution in [-0.4, -0.2) is 23.9 Å². The predicted molar refractivity (Wildman–Crippen MR) is 140 cm³/mol. The topological polar surface area (TPSA) is 58.4 Å². The Balaban J connectivity index is 1.52. The summed E-state index contributed by atoms with van der Waals surface area (Å²) in [7, 11) is 0. The zero-order valence-corrected chi connectivity index (χ0v) is 20.1. The first kappa shape index (κ1) is 21.7. The van der Waals surface area contributed by atoms with Gasteiger partial charge in [0.25, 0.3) is 0 Å². The summed E-state index contributed by atoms with van der Waals surface area (Å²) in [6.07, 6.45) is 4.73. The number of aromatic nitrogens is 1. The Morgan fingerprint density at radius 1 is 1.00 bits per heavy atom. The van der Waals surface area contributed by atoms with E-state index in [-0.39, 0.29) is 17.6 Å². The summed E-state index contributed by atoms with van der Waals surface area (Å²) < 4.78 is 5.68. The molecule has 2 atom stereocenters. The molecule has 1 aliphatic heterocycles. The minimum atomic E-state index is -0.134. The van der Waals surface area contributed by atoms with Gasteiger partial charge in [-0.3, -0.25) is 9.78 Å². The quantitative estimate of drug-likeness (QED) is 0.360. The molecule has 4 aromatic rings. The Morgan fingerprint density at radius 2 is 1.83 bits per heavy atom. The minimum Gasteiger partial charge on any atom is -0.469 e. The highest BCUT2D eigenvalue weighted by Crippen LogP contribution is 2.50. The lowest BCUT2D eigenvalue weighted by Gasteiger charge is -2.37. The average molecular weight is 464 g/mol. The van der Waals surface area contributed by atoms with Gasteiger partial charge in [0.05, 0.1) is 11.8 Å². The first-order valence-electron chi connectivity index (χ1n) is 12.5. The van der Waals surface area contributed by atoms with E-state index in [1.165, 1.54) is 5.69 Å². The lowest BCUT2D eigenvalue weighted by molar-refractivity contribution is -0.116. The second-order valence-corrected chi connectivity index (χ2v) is 9.35. The molecule has 5 nitrogen and oxygen atoms in total. The van der Waals surface area contributed by atoms with E-state index in [9.17, 15) is 4.79 Å². The number of pyridine rings is 1. The van der Waals surface area contributed by atoms with E-state index in [4.69, 9.17) is 4.42 Å². The molecule has 2 aliphatic rings. The van der Waals surface area contributed by atoms with Gasteiger partial charge in [0.2, 0.25) is 0 Å². The van der Waals surface area contributed by atoms with Crippen molar-refractivity contribution in [3.8, 4) is 0 Å². The molecule has 2 aromatic heterocycles. The molecule has 35 heavy (non-hydrogen) atoms. The van der Waals surface area contributed by atoms with Crippen LogP contribution in [0.2, 0.25) is 0 Å². The number of benzene rings is 2. The van der Waals surface area contributed by atoms with Gasteiger partial charge in [0.15, 0.2) is 5.78 Å². The molecule has 1 aliphatic carbocycles. The van der Waals surface area contributed by atoms with Gasteiger partial charge in [-0.05, 0) is 73.9 Å². The number of nitrogens with one attached hydrogen (secondary N) is 1. The van der Waals surface area contributed by atoms with Crippen LogP contribution < -0.4 is 10.2 Å². The van der Waals surface area contributed by atoms with Gasteiger partial charge in [-0.25, -0.2) is 0 Å². The van der Waals surface area contributed by atoms with Crippen molar-refractivity contribution in [1.82, 2.24) is 4.98 Å². The molecule has 1 N–H and O–H groups in total. The van der Waals surface area contributed by atoms with Gasteiger partial charge >= 0.3 is 0 Å². The number of anilines is 2. The number of nitrogens with zero attached hydrogens (tertiary/aromatic N) is 2. The van der Waals surface area contributed by atoms with Crippen LogP contribution in [0, 0.1) is 0 Å². The first-order valence-corrected chi connectivity index (χ1v) is 12.5. The van der Waals surface area contributed by atoms with Crippen LogP contribution in [0.25, 0.3) is 10.9 Å². The summed E-state index contributed by atoms with van der Waals surface area (Å²) in [5.74, 6) is 0.980. The number of allylic oxidation sites excluding steroid dienone is 2. The fourth-order valence-electron chi connectivity index (χ4n) is 5.81. The SMILES string of the molecule is CCN(CC)c1ccc([C@@H]2C3=C(C[C@H](c4ccco4)CC3=O)Nc3ccc4ncccc4c32)cc1. The molecule has 0 amide bonds. The highest BCUT2D eigenvalue weighted by atomic mass is 16.3. The van der Waals surface area contributed by atoms with Crippen LogP contribution in [0.3, 0.4) is 0 Å². The van der Waals surface area contributed by atoms with E-state index in [0.29, 0.717) is 6.42 Å². The van der Waals surface area contributed by atoms with E-state index in [2.05, 4.69) is 71.5 Å². The lowest BCUT2D eigenvalue weighted by Crippen LogP contribution is -2.30. The maximum absolute atomic E-state index is 13.8. The number of fused-ring (bicyclic) bond motifs is 3. The maximum atomic E-state index is 13.8. The third-order valence-corrected chi connectivity index (χ3v) is 7.50. The van der Waals surface area contributed by atoms with Crippen LogP contribution in [0.1, 0.15) is 55.4 Å². The molecule has 0 saturated heterocycles. The Morgan fingerprint density at radius 3 is 2.57 bits per heavy atom. The molecule has 0 spiro atoms. The van der Waals surface area contributed by atoms with Crippen molar-refractivity contribution in [2.75, 3.05) is 23.3 Å². The average Bonchev–Trinajstić information content (AvgIpc) is 3.44. The van der Waals surface area contributed by atoms with Crippen molar-refractivity contribution in [1.29, 1.82) is 0 Å². The molecule has 2 aromatic carbocycles. The lowest BCUT2D eigenvalue weighted by atomic mass is 9.72. The molecule has 176 valence electrons. The summed E-state index contributed by atoms with van der Waals surface area (Å²) in [6, 6.07) is 20.9. The number of hydrogen-bond acceptors (Lipinski definition) is 5. The zero-order chi connectivity index (χ0) is 23.9. The van der Waals surface area contributed by atoms with Crippen LogP contribution in [0.15, 0.2) is 88.8 Å². The predicted octanol–water partition coefficient (Wildman–Crippen LogP) is 6.63. The highest BCUT2D eigenvalue weighted by Gasteiger charge is 2.39. The third kappa shape index (κ3) is 3.63. The molecule has 5 heteroatoms. The van der Waals surface area contributed by atoms with E-state index in [1.54, 1.807) is 6.26 Å². The normalized spacial score (nSPS) is 19.3. The van der Waals surface area contributed by atoms with Crippen LogP contribution in [0.4, 0.5) is 11.4 Å². The molecular formula is C30H29N3O2. The summed E-state index contributed by atoms with van der Waals surface area (Å²) >= 11 is 0.